The van der Waals surface area contributed by atoms with E-state index >= 15 is 0 Å². The third-order valence-corrected chi connectivity index (χ3v) is 4.78. The molecule has 1 aliphatic rings. The Balaban J connectivity index is 0.00000420. The van der Waals surface area contributed by atoms with E-state index in [0.29, 0.717) is 37.8 Å². The van der Waals surface area contributed by atoms with E-state index in [0.717, 1.165) is 25.3 Å². The van der Waals surface area contributed by atoms with Gasteiger partial charge in [0.1, 0.15) is 18.2 Å². The fourth-order valence-electron chi connectivity index (χ4n) is 2.85. The lowest BCUT2D eigenvalue weighted by molar-refractivity contribution is -0.127. The Morgan fingerprint density at radius 1 is 1.28 bits per heavy atom. The Hall–Kier alpha value is -1.49. The molecule has 1 aromatic carbocycles. The first-order valence-corrected chi connectivity index (χ1v) is 9.63. The molecule has 0 bridgehead atoms. The van der Waals surface area contributed by atoms with Crippen LogP contribution in [-0.2, 0) is 14.9 Å². The van der Waals surface area contributed by atoms with Gasteiger partial charge in [0.05, 0.1) is 0 Å². The highest BCUT2D eigenvalue weighted by Gasteiger charge is 2.46. The number of guanidine groups is 1. The second-order valence-corrected chi connectivity index (χ2v) is 7.19. The monoisotopic (exact) mass is 524 g/mol. The Labute approximate surface area is 188 Å². The van der Waals surface area contributed by atoms with E-state index in [1.54, 1.807) is 14.1 Å². The standard InChI is InChI=1S/C20H30F2N4O2.HI/c1-4-28-11-5-10-23-19(24-13-18(27)26(2)3)25-14-20(8-9-20)16-7-6-15(21)12-17(16)22;/h6-7,12H,4-5,8-11,13-14H2,1-3H3,(H2,23,24,25);1H. The van der Waals surface area contributed by atoms with E-state index in [2.05, 4.69) is 15.6 Å². The van der Waals surface area contributed by atoms with E-state index in [-0.39, 0.29) is 41.8 Å². The topological polar surface area (TPSA) is 66.0 Å². The van der Waals surface area contributed by atoms with Gasteiger partial charge in [-0.15, -0.1) is 24.0 Å². The number of carbonyl (C=O) groups excluding carboxylic acids is 1. The molecule has 0 unspecified atom stereocenters. The fourth-order valence-corrected chi connectivity index (χ4v) is 2.85. The van der Waals surface area contributed by atoms with Gasteiger partial charge >= 0.3 is 0 Å². The fraction of sp³-hybridized carbons (Fsp3) is 0.600. The minimum Gasteiger partial charge on any atom is -0.382 e. The summed E-state index contributed by atoms with van der Waals surface area (Å²) in [4.78, 5) is 17.6. The molecule has 1 fully saturated rings. The molecule has 1 saturated carbocycles. The molecule has 0 radical (unpaired) electrons. The number of nitrogens with zero attached hydrogens (tertiary/aromatic N) is 2. The maximum Gasteiger partial charge on any atom is 0.243 e. The van der Waals surface area contributed by atoms with Gasteiger partial charge in [-0.3, -0.25) is 4.79 Å². The van der Waals surface area contributed by atoms with Crippen molar-refractivity contribution in [3.63, 3.8) is 0 Å². The third kappa shape index (κ3) is 8.04. The average molecular weight is 524 g/mol. The van der Waals surface area contributed by atoms with Crippen LogP contribution in [0.15, 0.2) is 23.2 Å². The van der Waals surface area contributed by atoms with Crippen LogP contribution in [0.25, 0.3) is 0 Å². The molecule has 9 heteroatoms. The Kier molecular flexibility index (Phi) is 10.8. The summed E-state index contributed by atoms with van der Waals surface area (Å²) in [7, 11) is 3.36. The van der Waals surface area contributed by atoms with Crippen molar-refractivity contribution in [1.82, 2.24) is 15.5 Å². The van der Waals surface area contributed by atoms with Gasteiger partial charge in [-0.1, -0.05) is 6.07 Å². The minimum absolute atomic E-state index is 0. The van der Waals surface area contributed by atoms with Crippen molar-refractivity contribution in [1.29, 1.82) is 0 Å². The molecule has 2 N–H and O–H groups in total. The molecular formula is C20H31F2IN4O2. The number of nitrogens with one attached hydrogen (secondary N) is 2. The van der Waals surface area contributed by atoms with Crippen LogP contribution in [0, 0.1) is 11.6 Å². The lowest BCUT2D eigenvalue weighted by atomic mass is 9.95. The number of likely N-dealkylation sites (N-methyl/N-ethyl adjacent to an activating group) is 1. The molecule has 1 amide bonds. The summed E-state index contributed by atoms with van der Waals surface area (Å²) in [5, 5.41) is 6.40. The lowest BCUT2D eigenvalue weighted by Gasteiger charge is -2.20. The van der Waals surface area contributed by atoms with Crippen molar-refractivity contribution < 1.29 is 18.3 Å². The van der Waals surface area contributed by atoms with Gasteiger partial charge < -0.3 is 20.3 Å². The SMILES string of the molecule is CCOCCCNC(=NCC(=O)N(C)C)NCC1(c2ccc(F)cc2F)CC1.I. The van der Waals surface area contributed by atoms with Gasteiger partial charge in [0, 0.05) is 51.9 Å². The molecule has 0 spiro atoms. The van der Waals surface area contributed by atoms with Crippen LogP contribution >= 0.6 is 24.0 Å². The zero-order valence-corrected chi connectivity index (χ0v) is 19.6. The van der Waals surface area contributed by atoms with Crippen LogP contribution in [-0.4, -0.2) is 63.7 Å². The molecule has 0 heterocycles. The van der Waals surface area contributed by atoms with E-state index < -0.39 is 11.6 Å². The number of carbonyl (C=O) groups is 1. The number of aliphatic imine (C=N–C) groups is 1. The van der Waals surface area contributed by atoms with Crippen LogP contribution in [0.4, 0.5) is 8.78 Å². The van der Waals surface area contributed by atoms with Crippen molar-refractivity contribution in [2.45, 2.75) is 31.6 Å². The van der Waals surface area contributed by atoms with Crippen molar-refractivity contribution in [3.05, 3.63) is 35.4 Å². The number of halogens is 3. The van der Waals surface area contributed by atoms with E-state index in [1.807, 2.05) is 6.92 Å². The summed E-state index contributed by atoms with van der Waals surface area (Å²) >= 11 is 0. The summed E-state index contributed by atoms with van der Waals surface area (Å²) in [5.74, 6) is -0.711. The second-order valence-electron chi connectivity index (χ2n) is 7.19. The Morgan fingerprint density at radius 2 is 2.00 bits per heavy atom. The van der Waals surface area contributed by atoms with Gasteiger partial charge in [0.15, 0.2) is 5.96 Å². The second kappa shape index (κ2) is 12.3. The van der Waals surface area contributed by atoms with Gasteiger partial charge in [-0.25, -0.2) is 13.8 Å². The van der Waals surface area contributed by atoms with Crippen LogP contribution in [0.1, 0.15) is 31.7 Å². The van der Waals surface area contributed by atoms with E-state index in [1.165, 1.54) is 17.0 Å². The largest absolute Gasteiger partial charge is 0.382 e. The molecule has 0 aliphatic heterocycles. The third-order valence-electron chi connectivity index (χ3n) is 4.78. The number of rotatable bonds is 10. The maximum absolute atomic E-state index is 14.2. The van der Waals surface area contributed by atoms with Gasteiger partial charge in [-0.2, -0.15) is 0 Å². The molecule has 2 rings (SSSR count). The predicted molar refractivity (Wildman–Crippen MR) is 121 cm³/mol. The summed E-state index contributed by atoms with van der Waals surface area (Å²) in [5.41, 5.74) is 0.151. The molecule has 6 nitrogen and oxygen atoms in total. The first-order chi connectivity index (χ1) is 13.4. The summed E-state index contributed by atoms with van der Waals surface area (Å²) in [6.45, 7) is 4.37. The molecular weight excluding hydrogens is 493 g/mol. The molecule has 0 atom stereocenters. The molecule has 1 aromatic rings. The van der Waals surface area contributed by atoms with Gasteiger partial charge in [0.2, 0.25) is 5.91 Å². The molecule has 0 saturated heterocycles. The molecule has 0 aromatic heterocycles. The number of ether oxygens (including phenoxy) is 1. The Bertz CT molecular complexity index is 697. The average Bonchev–Trinajstić information content (AvgIpc) is 3.43. The van der Waals surface area contributed by atoms with Crippen LogP contribution in [0.2, 0.25) is 0 Å². The van der Waals surface area contributed by atoms with Crippen molar-refractivity contribution >= 4 is 35.8 Å². The summed E-state index contributed by atoms with van der Waals surface area (Å²) in [6.07, 6.45) is 2.43. The lowest BCUT2D eigenvalue weighted by Crippen LogP contribution is -2.42. The first-order valence-electron chi connectivity index (χ1n) is 9.63. The first kappa shape index (κ1) is 25.5. The van der Waals surface area contributed by atoms with Crippen molar-refractivity contribution in [2.24, 2.45) is 4.99 Å². The van der Waals surface area contributed by atoms with E-state index in [9.17, 15) is 13.6 Å². The van der Waals surface area contributed by atoms with Gasteiger partial charge in [0.25, 0.3) is 0 Å². The highest BCUT2D eigenvalue weighted by Crippen LogP contribution is 2.48. The van der Waals surface area contributed by atoms with Crippen LogP contribution in [0.3, 0.4) is 0 Å². The maximum atomic E-state index is 14.2. The zero-order chi connectivity index (χ0) is 20.6. The summed E-state index contributed by atoms with van der Waals surface area (Å²) in [6, 6.07) is 3.72. The van der Waals surface area contributed by atoms with Crippen LogP contribution < -0.4 is 10.6 Å². The summed E-state index contributed by atoms with van der Waals surface area (Å²) < 4.78 is 32.7. The highest BCUT2D eigenvalue weighted by molar-refractivity contribution is 14.0. The van der Waals surface area contributed by atoms with Crippen LogP contribution in [0.5, 0.6) is 0 Å². The minimum atomic E-state index is -0.578. The molecule has 29 heavy (non-hydrogen) atoms. The molecule has 164 valence electrons. The quantitative estimate of drug-likeness (QED) is 0.214. The predicted octanol–water partition coefficient (Wildman–Crippen LogP) is 2.66. The smallest absolute Gasteiger partial charge is 0.243 e. The van der Waals surface area contributed by atoms with Crippen molar-refractivity contribution in [3.8, 4) is 0 Å². The number of hydrogen-bond acceptors (Lipinski definition) is 3. The highest BCUT2D eigenvalue weighted by atomic mass is 127. The normalized spacial score (nSPS) is 14.7. The molecule has 1 aliphatic carbocycles. The zero-order valence-electron chi connectivity index (χ0n) is 17.3. The Morgan fingerprint density at radius 3 is 2.59 bits per heavy atom. The van der Waals surface area contributed by atoms with Crippen molar-refractivity contribution in [2.75, 3.05) is 46.9 Å². The number of hydrogen-bond donors (Lipinski definition) is 2. The number of amides is 1. The van der Waals surface area contributed by atoms with E-state index in [4.69, 9.17) is 4.74 Å². The number of benzene rings is 1. The van der Waals surface area contributed by atoms with Gasteiger partial charge in [-0.05, 0) is 37.8 Å².